The molecule has 0 radical (unpaired) electrons. The van der Waals surface area contributed by atoms with E-state index in [9.17, 15) is 0 Å². The van der Waals surface area contributed by atoms with Crippen LogP contribution in [0.25, 0.3) is 0 Å². The van der Waals surface area contributed by atoms with Crippen molar-refractivity contribution in [1.82, 2.24) is 10.3 Å². The van der Waals surface area contributed by atoms with Crippen molar-refractivity contribution in [2.24, 2.45) is 0 Å². The summed E-state index contributed by atoms with van der Waals surface area (Å²) in [6, 6.07) is 0. The van der Waals surface area contributed by atoms with Gasteiger partial charge in [-0.1, -0.05) is 25.1 Å². The molecule has 80 valence electrons. The van der Waals surface area contributed by atoms with Gasteiger partial charge >= 0.3 is 0 Å². The van der Waals surface area contributed by atoms with Crippen LogP contribution in [0.3, 0.4) is 0 Å². The summed E-state index contributed by atoms with van der Waals surface area (Å²) in [6.07, 6.45) is 4.19. The summed E-state index contributed by atoms with van der Waals surface area (Å²) in [5.74, 6) is 1.02. The maximum absolute atomic E-state index is 5.22. The molecule has 0 aromatic carbocycles. The molecule has 0 unspecified atom stereocenters. The largest absolute Gasteiger partial charge is 0.440 e. The number of aromatic nitrogens is 1. The van der Waals surface area contributed by atoms with E-state index in [1.807, 2.05) is 6.92 Å². The molecule has 0 spiro atoms. The van der Waals surface area contributed by atoms with E-state index in [4.69, 9.17) is 4.42 Å². The van der Waals surface area contributed by atoms with Gasteiger partial charge in [0.15, 0.2) is 0 Å². The summed E-state index contributed by atoms with van der Waals surface area (Å²) in [4.78, 5) is 4.21. The molecule has 0 bridgehead atoms. The molecule has 1 rings (SSSR count). The Bertz CT molecular complexity index is 250. The Morgan fingerprint density at radius 2 is 2.36 bits per heavy atom. The van der Waals surface area contributed by atoms with Gasteiger partial charge in [-0.25, -0.2) is 4.98 Å². The highest BCUT2D eigenvalue weighted by molar-refractivity contribution is 7.99. The molecule has 0 aliphatic carbocycles. The molecule has 1 aromatic heterocycles. The minimum atomic E-state index is 0.778. The number of hydrogen-bond acceptors (Lipinski definition) is 4. The summed E-state index contributed by atoms with van der Waals surface area (Å²) >= 11 is 1.66. The number of oxazole rings is 1. The first-order chi connectivity index (χ1) is 6.83. The summed E-state index contributed by atoms with van der Waals surface area (Å²) in [7, 11) is 0. The molecule has 0 saturated carbocycles. The van der Waals surface area contributed by atoms with Crippen LogP contribution in [0.4, 0.5) is 0 Å². The lowest BCUT2D eigenvalue weighted by Crippen LogP contribution is -2.18. The first-order valence-electron chi connectivity index (χ1n) is 5.08. The summed E-state index contributed by atoms with van der Waals surface area (Å²) in [5.41, 5.74) is 0.950. The quantitative estimate of drug-likeness (QED) is 0.559. The maximum Gasteiger partial charge on any atom is 0.255 e. The van der Waals surface area contributed by atoms with Crippen molar-refractivity contribution in [2.45, 2.75) is 31.9 Å². The van der Waals surface area contributed by atoms with E-state index < -0.39 is 0 Å². The third kappa shape index (κ3) is 4.67. The van der Waals surface area contributed by atoms with E-state index >= 15 is 0 Å². The van der Waals surface area contributed by atoms with E-state index in [0.717, 1.165) is 29.8 Å². The van der Waals surface area contributed by atoms with Gasteiger partial charge in [0.05, 0.1) is 5.69 Å². The normalized spacial score (nSPS) is 10.7. The van der Waals surface area contributed by atoms with Crippen molar-refractivity contribution in [1.29, 1.82) is 0 Å². The molecule has 0 fully saturated rings. The minimum absolute atomic E-state index is 0.778. The first-order valence-corrected chi connectivity index (χ1v) is 6.07. The van der Waals surface area contributed by atoms with Crippen molar-refractivity contribution in [3.8, 4) is 0 Å². The van der Waals surface area contributed by atoms with E-state index in [1.165, 1.54) is 12.8 Å². The van der Waals surface area contributed by atoms with Gasteiger partial charge in [-0.2, -0.15) is 0 Å². The topological polar surface area (TPSA) is 38.1 Å². The molecule has 0 amide bonds. The van der Waals surface area contributed by atoms with E-state index in [-0.39, 0.29) is 0 Å². The van der Waals surface area contributed by atoms with Crippen LogP contribution in [0.15, 0.2) is 15.9 Å². The molecule has 0 aliphatic heterocycles. The molecule has 3 nitrogen and oxygen atoms in total. The molecular weight excluding hydrogens is 196 g/mol. The van der Waals surface area contributed by atoms with Crippen molar-refractivity contribution >= 4 is 11.8 Å². The SMILES string of the molecule is CCCCNCCSc1nc(C)co1. The van der Waals surface area contributed by atoms with Crippen LogP contribution in [0, 0.1) is 6.92 Å². The number of hydrogen-bond donors (Lipinski definition) is 1. The highest BCUT2D eigenvalue weighted by Crippen LogP contribution is 2.15. The lowest BCUT2D eigenvalue weighted by molar-refractivity contribution is 0.454. The Morgan fingerprint density at radius 3 is 3.00 bits per heavy atom. The van der Waals surface area contributed by atoms with Crippen LogP contribution in [0.1, 0.15) is 25.5 Å². The minimum Gasteiger partial charge on any atom is -0.440 e. The molecule has 4 heteroatoms. The Hall–Kier alpha value is -0.480. The first kappa shape index (κ1) is 11.6. The Kier molecular flexibility index (Phi) is 5.71. The number of rotatable bonds is 7. The molecule has 1 heterocycles. The number of aryl methyl sites for hydroxylation is 1. The van der Waals surface area contributed by atoms with Crippen LogP contribution in [0.5, 0.6) is 0 Å². The monoisotopic (exact) mass is 214 g/mol. The van der Waals surface area contributed by atoms with Crippen LogP contribution in [0.2, 0.25) is 0 Å². The van der Waals surface area contributed by atoms with Gasteiger partial charge in [-0.05, 0) is 19.9 Å². The smallest absolute Gasteiger partial charge is 0.255 e. The fourth-order valence-corrected chi connectivity index (χ4v) is 1.78. The second-order valence-corrected chi connectivity index (χ2v) is 4.25. The van der Waals surface area contributed by atoms with Gasteiger partial charge in [0.1, 0.15) is 6.26 Å². The third-order valence-electron chi connectivity index (χ3n) is 1.81. The summed E-state index contributed by atoms with van der Waals surface area (Å²) < 4.78 is 5.22. The average molecular weight is 214 g/mol. The van der Waals surface area contributed by atoms with Crippen molar-refractivity contribution in [3.63, 3.8) is 0 Å². The van der Waals surface area contributed by atoms with Crippen LogP contribution >= 0.6 is 11.8 Å². The zero-order valence-corrected chi connectivity index (χ0v) is 9.69. The lowest BCUT2D eigenvalue weighted by atomic mass is 10.3. The van der Waals surface area contributed by atoms with E-state index in [2.05, 4.69) is 17.2 Å². The Labute approximate surface area is 89.7 Å². The predicted molar refractivity (Wildman–Crippen MR) is 59.7 cm³/mol. The van der Waals surface area contributed by atoms with Gasteiger partial charge in [0.2, 0.25) is 0 Å². The van der Waals surface area contributed by atoms with E-state index in [1.54, 1.807) is 18.0 Å². The fraction of sp³-hybridized carbons (Fsp3) is 0.700. The molecule has 0 saturated heterocycles. The zero-order valence-electron chi connectivity index (χ0n) is 8.88. The number of nitrogens with one attached hydrogen (secondary N) is 1. The van der Waals surface area contributed by atoms with Gasteiger partial charge in [0, 0.05) is 12.3 Å². The number of unbranched alkanes of at least 4 members (excludes halogenated alkanes) is 1. The standard InChI is InChI=1S/C10H18N2OS/c1-3-4-5-11-6-7-14-10-12-9(2)8-13-10/h8,11H,3-7H2,1-2H3. The second kappa shape index (κ2) is 6.90. The Balaban J connectivity index is 1.99. The predicted octanol–water partition coefficient (Wildman–Crippen LogP) is 2.46. The van der Waals surface area contributed by atoms with Crippen LogP contribution < -0.4 is 5.32 Å². The highest BCUT2D eigenvalue weighted by atomic mass is 32.2. The lowest BCUT2D eigenvalue weighted by Gasteiger charge is -2.00. The molecule has 0 aliphatic rings. The average Bonchev–Trinajstić information content (AvgIpc) is 2.58. The van der Waals surface area contributed by atoms with Gasteiger partial charge < -0.3 is 9.73 Å². The molecule has 0 atom stereocenters. The second-order valence-electron chi connectivity index (χ2n) is 3.21. The van der Waals surface area contributed by atoms with Crippen molar-refractivity contribution < 1.29 is 4.42 Å². The molecule has 1 N–H and O–H groups in total. The van der Waals surface area contributed by atoms with Crippen LogP contribution in [-0.2, 0) is 0 Å². The maximum atomic E-state index is 5.22. The zero-order chi connectivity index (χ0) is 10.2. The summed E-state index contributed by atoms with van der Waals surface area (Å²) in [5, 5.41) is 4.15. The number of thioether (sulfide) groups is 1. The van der Waals surface area contributed by atoms with Crippen LogP contribution in [-0.4, -0.2) is 23.8 Å². The van der Waals surface area contributed by atoms with Gasteiger partial charge in [0.25, 0.3) is 5.22 Å². The van der Waals surface area contributed by atoms with Gasteiger partial charge in [-0.15, -0.1) is 0 Å². The Morgan fingerprint density at radius 1 is 1.50 bits per heavy atom. The molecular formula is C10H18N2OS. The molecule has 14 heavy (non-hydrogen) atoms. The highest BCUT2D eigenvalue weighted by Gasteiger charge is 1.99. The van der Waals surface area contributed by atoms with Gasteiger partial charge in [-0.3, -0.25) is 0 Å². The van der Waals surface area contributed by atoms with Crippen molar-refractivity contribution in [2.75, 3.05) is 18.8 Å². The third-order valence-corrected chi connectivity index (χ3v) is 2.65. The fourth-order valence-electron chi connectivity index (χ4n) is 1.04. The molecule has 1 aromatic rings. The summed E-state index contributed by atoms with van der Waals surface area (Å²) in [6.45, 7) is 6.27. The van der Waals surface area contributed by atoms with E-state index in [0.29, 0.717) is 0 Å². The number of nitrogens with zero attached hydrogens (tertiary/aromatic N) is 1. The van der Waals surface area contributed by atoms with Crippen molar-refractivity contribution in [3.05, 3.63) is 12.0 Å².